The maximum absolute atomic E-state index is 6.12. The van der Waals surface area contributed by atoms with Crippen molar-refractivity contribution < 1.29 is 0 Å². The first kappa shape index (κ1) is 20.6. The monoisotopic (exact) mass is 399 g/mol. The topological polar surface area (TPSA) is 89.6 Å². The Kier molecular flexibility index (Phi) is 7.66. The average Bonchev–Trinajstić information content (AvgIpc) is 2.80. The zero-order valence-corrected chi connectivity index (χ0v) is 17.2. The van der Waals surface area contributed by atoms with Crippen LogP contribution in [-0.4, -0.2) is 4.98 Å². The molecule has 0 spiro atoms. The number of azo groups is 1. The number of aryl methyl sites for hydroxylation is 1. The zero-order valence-electron chi connectivity index (χ0n) is 16.4. The Morgan fingerprint density at radius 2 is 1.57 bits per heavy atom. The van der Waals surface area contributed by atoms with Crippen LogP contribution in [0.25, 0.3) is 0 Å². The second-order valence-corrected chi connectivity index (χ2v) is 8.16. The summed E-state index contributed by atoms with van der Waals surface area (Å²) in [5.74, 6) is 1.53. The number of nitrogens with zero attached hydrogens (tertiary/aromatic N) is 3. The predicted molar refractivity (Wildman–Crippen MR) is 117 cm³/mol. The van der Waals surface area contributed by atoms with Crippen molar-refractivity contribution in [3.8, 4) is 0 Å². The maximum Gasteiger partial charge on any atom is 0.153 e. The molecule has 5 nitrogen and oxygen atoms in total. The Labute approximate surface area is 172 Å². The third-order valence-corrected chi connectivity index (χ3v) is 5.76. The number of anilines is 2. The summed E-state index contributed by atoms with van der Waals surface area (Å²) in [6.45, 7) is 0. The van der Waals surface area contributed by atoms with Crippen molar-refractivity contribution in [2.45, 2.75) is 64.2 Å². The highest BCUT2D eigenvalue weighted by atomic mass is 35.5. The Morgan fingerprint density at radius 3 is 2.25 bits per heavy atom. The van der Waals surface area contributed by atoms with Gasteiger partial charge in [-0.05, 0) is 54.7 Å². The number of hydrogen-bond donors (Lipinski definition) is 2. The molecular weight excluding hydrogens is 370 g/mol. The van der Waals surface area contributed by atoms with Crippen molar-refractivity contribution in [2.24, 2.45) is 16.1 Å². The molecule has 2 aromatic rings. The minimum atomic E-state index is 0.335. The molecule has 4 N–H and O–H groups in total. The van der Waals surface area contributed by atoms with Crippen LogP contribution in [0.1, 0.15) is 63.4 Å². The van der Waals surface area contributed by atoms with Gasteiger partial charge < -0.3 is 11.5 Å². The number of nitrogen functional groups attached to an aromatic ring is 2. The third-order valence-electron chi connectivity index (χ3n) is 5.51. The summed E-state index contributed by atoms with van der Waals surface area (Å²) in [4.78, 5) is 4.18. The Bertz CT molecular complexity index is 778. The van der Waals surface area contributed by atoms with Crippen LogP contribution >= 0.6 is 11.6 Å². The molecule has 28 heavy (non-hydrogen) atoms. The SMILES string of the molecule is Nc1cc(CCC2CCCCCCCC2)c(N=Nc2ccc(Cl)cc2)c(N)n1. The van der Waals surface area contributed by atoms with Crippen LogP contribution in [0.15, 0.2) is 40.6 Å². The van der Waals surface area contributed by atoms with Gasteiger partial charge in [0.15, 0.2) is 5.82 Å². The van der Waals surface area contributed by atoms with E-state index in [1.54, 1.807) is 12.1 Å². The standard InChI is InChI=1S/C22H30ClN5/c23-18-11-13-19(14-12-18)27-28-21-17(15-20(24)26-22(21)25)10-9-16-7-5-3-1-2-4-6-8-16/h11-16H,1-10H2,(H4,24,25,26). The van der Waals surface area contributed by atoms with Gasteiger partial charge in [0.1, 0.15) is 11.5 Å². The van der Waals surface area contributed by atoms with Crippen LogP contribution in [0.5, 0.6) is 0 Å². The van der Waals surface area contributed by atoms with E-state index < -0.39 is 0 Å². The zero-order chi connectivity index (χ0) is 19.8. The minimum absolute atomic E-state index is 0.335. The number of rotatable bonds is 5. The number of hydrogen-bond acceptors (Lipinski definition) is 5. The molecule has 0 radical (unpaired) electrons. The molecule has 0 unspecified atom stereocenters. The minimum Gasteiger partial charge on any atom is -0.384 e. The summed E-state index contributed by atoms with van der Waals surface area (Å²) < 4.78 is 0. The van der Waals surface area contributed by atoms with E-state index in [2.05, 4.69) is 15.2 Å². The van der Waals surface area contributed by atoms with Crippen molar-refractivity contribution in [1.29, 1.82) is 0 Å². The van der Waals surface area contributed by atoms with Crippen molar-refractivity contribution >= 4 is 34.6 Å². The lowest BCUT2D eigenvalue weighted by molar-refractivity contribution is 0.401. The molecule has 1 aromatic carbocycles. The number of pyridine rings is 1. The molecule has 1 fully saturated rings. The summed E-state index contributed by atoms with van der Waals surface area (Å²) in [5.41, 5.74) is 14.5. The summed E-state index contributed by atoms with van der Waals surface area (Å²) in [5, 5.41) is 9.38. The first-order valence-corrected chi connectivity index (χ1v) is 10.7. The number of benzene rings is 1. The average molecular weight is 400 g/mol. The van der Waals surface area contributed by atoms with E-state index in [1.165, 1.54) is 51.4 Å². The van der Waals surface area contributed by atoms with E-state index in [9.17, 15) is 0 Å². The maximum atomic E-state index is 6.12. The molecule has 6 heteroatoms. The molecule has 1 saturated carbocycles. The highest BCUT2D eigenvalue weighted by Gasteiger charge is 2.14. The fourth-order valence-electron chi connectivity index (χ4n) is 3.92. The number of aromatic nitrogens is 1. The van der Waals surface area contributed by atoms with E-state index in [0.717, 1.165) is 30.0 Å². The van der Waals surface area contributed by atoms with Crippen LogP contribution in [0.2, 0.25) is 5.02 Å². The smallest absolute Gasteiger partial charge is 0.153 e. The lowest BCUT2D eigenvalue weighted by Crippen LogP contribution is -2.05. The Hall–Kier alpha value is -2.14. The van der Waals surface area contributed by atoms with E-state index in [1.807, 2.05) is 18.2 Å². The van der Waals surface area contributed by atoms with Crippen molar-refractivity contribution in [3.05, 3.63) is 40.9 Å². The van der Waals surface area contributed by atoms with E-state index in [0.29, 0.717) is 22.3 Å². The first-order chi connectivity index (χ1) is 13.6. The Balaban J connectivity index is 1.73. The van der Waals surface area contributed by atoms with Crippen LogP contribution in [-0.2, 0) is 6.42 Å². The molecule has 0 amide bonds. The van der Waals surface area contributed by atoms with Gasteiger partial charge in [0.05, 0.1) is 5.69 Å². The molecule has 1 aliphatic carbocycles. The fourth-order valence-corrected chi connectivity index (χ4v) is 4.05. The van der Waals surface area contributed by atoms with Gasteiger partial charge in [-0.2, -0.15) is 5.11 Å². The van der Waals surface area contributed by atoms with E-state index in [4.69, 9.17) is 23.1 Å². The molecule has 0 aliphatic heterocycles. The van der Waals surface area contributed by atoms with Gasteiger partial charge >= 0.3 is 0 Å². The van der Waals surface area contributed by atoms with Gasteiger partial charge in [-0.1, -0.05) is 63.0 Å². The van der Waals surface area contributed by atoms with Crippen molar-refractivity contribution in [2.75, 3.05) is 11.5 Å². The lowest BCUT2D eigenvalue weighted by atomic mass is 9.90. The number of nitrogens with two attached hydrogens (primary N) is 2. The fraction of sp³-hybridized carbons (Fsp3) is 0.500. The molecule has 1 heterocycles. The van der Waals surface area contributed by atoms with Gasteiger partial charge in [0.25, 0.3) is 0 Å². The lowest BCUT2D eigenvalue weighted by Gasteiger charge is -2.16. The normalized spacial score (nSPS) is 16.6. The molecule has 0 bridgehead atoms. The van der Waals surface area contributed by atoms with Crippen LogP contribution in [0, 0.1) is 5.92 Å². The second kappa shape index (κ2) is 10.4. The van der Waals surface area contributed by atoms with Crippen LogP contribution < -0.4 is 11.5 Å². The van der Waals surface area contributed by atoms with Crippen LogP contribution in [0.4, 0.5) is 23.0 Å². The van der Waals surface area contributed by atoms with Gasteiger partial charge in [0.2, 0.25) is 0 Å². The molecule has 0 saturated heterocycles. The molecule has 3 rings (SSSR count). The third kappa shape index (κ3) is 6.20. The summed E-state index contributed by atoms with van der Waals surface area (Å²) in [6, 6.07) is 9.12. The van der Waals surface area contributed by atoms with Crippen LogP contribution in [0.3, 0.4) is 0 Å². The first-order valence-electron chi connectivity index (χ1n) is 10.3. The second-order valence-electron chi connectivity index (χ2n) is 7.72. The van der Waals surface area contributed by atoms with Gasteiger partial charge in [-0.25, -0.2) is 4.98 Å². The molecule has 1 aromatic heterocycles. The largest absolute Gasteiger partial charge is 0.384 e. The molecule has 150 valence electrons. The van der Waals surface area contributed by atoms with E-state index >= 15 is 0 Å². The van der Waals surface area contributed by atoms with Gasteiger partial charge in [0, 0.05) is 5.02 Å². The van der Waals surface area contributed by atoms with E-state index in [-0.39, 0.29) is 0 Å². The number of halogens is 1. The van der Waals surface area contributed by atoms with Gasteiger partial charge in [-0.3, -0.25) is 0 Å². The van der Waals surface area contributed by atoms with Crippen molar-refractivity contribution in [1.82, 2.24) is 4.98 Å². The van der Waals surface area contributed by atoms with Crippen molar-refractivity contribution in [3.63, 3.8) is 0 Å². The predicted octanol–water partition coefficient (Wildman–Crippen LogP) is 7.00. The molecular formula is C22H30ClN5. The van der Waals surface area contributed by atoms with Gasteiger partial charge in [-0.15, -0.1) is 5.11 Å². The summed E-state index contributed by atoms with van der Waals surface area (Å²) >= 11 is 5.93. The molecule has 0 atom stereocenters. The highest BCUT2D eigenvalue weighted by molar-refractivity contribution is 6.30. The quantitative estimate of drug-likeness (QED) is 0.530. The summed E-state index contributed by atoms with van der Waals surface area (Å²) in [6.07, 6.45) is 12.9. The highest BCUT2D eigenvalue weighted by Crippen LogP contribution is 2.33. The Morgan fingerprint density at radius 1 is 0.929 bits per heavy atom. The molecule has 1 aliphatic rings. The summed E-state index contributed by atoms with van der Waals surface area (Å²) in [7, 11) is 0.